The number of aliphatic hydroxyl groups excluding tert-OH is 1. The molecule has 6 nitrogen and oxygen atoms in total. The Morgan fingerprint density at radius 1 is 1.09 bits per heavy atom. The van der Waals surface area contributed by atoms with Crippen molar-refractivity contribution in [1.82, 2.24) is 10.2 Å². The highest BCUT2D eigenvalue weighted by atomic mass is 16.5. The maximum Gasteiger partial charge on any atom is 0.251 e. The van der Waals surface area contributed by atoms with Crippen LogP contribution < -0.4 is 10.1 Å². The number of ether oxygens (including phenoxy) is 1. The lowest BCUT2D eigenvalue weighted by molar-refractivity contribution is -0.151. The van der Waals surface area contributed by atoms with Crippen LogP contribution in [0, 0.1) is 35.0 Å². The van der Waals surface area contributed by atoms with Crippen molar-refractivity contribution in [3.05, 3.63) is 29.8 Å². The average molecular weight is 485 g/mol. The van der Waals surface area contributed by atoms with Crippen molar-refractivity contribution in [2.24, 2.45) is 35.0 Å². The molecule has 0 aromatic heterocycles. The lowest BCUT2D eigenvalue weighted by atomic mass is 9.51. The summed E-state index contributed by atoms with van der Waals surface area (Å²) in [5.41, 5.74) is 0.656. The number of carbonyl (C=O) groups is 2. The Bertz CT molecular complexity index is 894. The zero-order valence-electron chi connectivity index (χ0n) is 22.1. The molecule has 4 rings (SSSR count). The fourth-order valence-corrected chi connectivity index (χ4v) is 7.19. The van der Waals surface area contributed by atoms with E-state index in [-0.39, 0.29) is 46.9 Å². The number of carbonyl (C=O) groups excluding carboxylic acids is 2. The molecule has 2 amide bonds. The van der Waals surface area contributed by atoms with E-state index in [0.29, 0.717) is 11.5 Å². The molecule has 1 aliphatic heterocycles. The van der Waals surface area contributed by atoms with Gasteiger partial charge in [-0.3, -0.25) is 9.59 Å². The Balaban J connectivity index is 1.44. The first-order valence-corrected chi connectivity index (χ1v) is 13.6. The molecule has 0 unspecified atom stereocenters. The number of nitrogens with zero attached hydrogens (tertiary/aromatic N) is 1. The fraction of sp³-hybridized carbons (Fsp3) is 0.724. The van der Waals surface area contributed by atoms with Crippen LogP contribution in [0.2, 0.25) is 0 Å². The largest absolute Gasteiger partial charge is 0.497 e. The lowest BCUT2D eigenvalue weighted by Crippen LogP contribution is -2.58. The minimum Gasteiger partial charge on any atom is -0.497 e. The van der Waals surface area contributed by atoms with Gasteiger partial charge in [0.25, 0.3) is 5.91 Å². The zero-order valence-corrected chi connectivity index (χ0v) is 22.1. The van der Waals surface area contributed by atoms with Crippen molar-refractivity contribution in [1.29, 1.82) is 0 Å². The summed E-state index contributed by atoms with van der Waals surface area (Å²) in [7, 11) is 1.61. The number of fused-ring (bicyclic) bond motifs is 1. The number of methoxy groups -OCH3 is 1. The molecule has 2 saturated carbocycles. The van der Waals surface area contributed by atoms with Crippen molar-refractivity contribution in [3.8, 4) is 5.75 Å². The van der Waals surface area contributed by atoms with Crippen LogP contribution in [0.25, 0.3) is 0 Å². The predicted molar refractivity (Wildman–Crippen MR) is 137 cm³/mol. The molecule has 2 aliphatic carbocycles. The normalized spacial score (nSPS) is 34.6. The summed E-state index contributed by atoms with van der Waals surface area (Å²) < 4.78 is 5.20. The third kappa shape index (κ3) is 5.23. The molecule has 7 atom stereocenters. The van der Waals surface area contributed by atoms with Crippen molar-refractivity contribution >= 4 is 11.8 Å². The second-order valence-corrected chi connectivity index (χ2v) is 11.9. The molecule has 35 heavy (non-hydrogen) atoms. The van der Waals surface area contributed by atoms with Crippen LogP contribution in [0.3, 0.4) is 0 Å². The van der Waals surface area contributed by atoms with Gasteiger partial charge >= 0.3 is 0 Å². The molecule has 0 radical (unpaired) electrons. The van der Waals surface area contributed by atoms with Crippen molar-refractivity contribution in [2.75, 3.05) is 20.2 Å². The number of benzene rings is 1. The van der Waals surface area contributed by atoms with Crippen LogP contribution >= 0.6 is 0 Å². The van der Waals surface area contributed by atoms with Gasteiger partial charge in [0.1, 0.15) is 5.75 Å². The van der Waals surface area contributed by atoms with Crippen molar-refractivity contribution in [2.45, 2.75) is 78.4 Å². The number of piperidine rings is 1. The molecule has 3 aliphatic rings. The van der Waals surface area contributed by atoms with E-state index in [2.05, 4.69) is 26.1 Å². The summed E-state index contributed by atoms with van der Waals surface area (Å²) in [5, 5.41) is 14.9. The quantitative estimate of drug-likeness (QED) is 0.645. The highest BCUT2D eigenvalue weighted by Gasteiger charge is 2.54. The summed E-state index contributed by atoms with van der Waals surface area (Å²) in [5.74, 6) is 1.52. The van der Waals surface area contributed by atoms with Gasteiger partial charge in [-0.2, -0.15) is 0 Å². The summed E-state index contributed by atoms with van der Waals surface area (Å²) in [6.07, 6.45) is 5.41. The van der Waals surface area contributed by atoms with Crippen LogP contribution in [0.5, 0.6) is 5.75 Å². The Kier molecular flexibility index (Phi) is 7.80. The first-order valence-electron chi connectivity index (χ1n) is 13.6. The molecule has 194 valence electrons. The van der Waals surface area contributed by atoms with Crippen LogP contribution in [-0.4, -0.2) is 54.2 Å². The maximum atomic E-state index is 13.3. The van der Waals surface area contributed by atoms with Crippen molar-refractivity contribution in [3.63, 3.8) is 0 Å². The molecule has 0 spiro atoms. The minimum absolute atomic E-state index is 0.00525. The maximum absolute atomic E-state index is 13.3. The van der Waals surface area contributed by atoms with E-state index in [1.54, 1.807) is 31.4 Å². The minimum atomic E-state index is -0.535. The van der Waals surface area contributed by atoms with Gasteiger partial charge in [0.05, 0.1) is 13.2 Å². The van der Waals surface area contributed by atoms with Crippen LogP contribution in [0.4, 0.5) is 0 Å². The lowest BCUT2D eigenvalue weighted by Gasteiger charge is -2.56. The highest BCUT2D eigenvalue weighted by Crippen LogP contribution is 2.55. The summed E-state index contributed by atoms with van der Waals surface area (Å²) in [4.78, 5) is 28.3. The third-order valence-corrected chi connectivity index (χ3v) is 9.68. The SMILES string of the molecule is COc1ccc(C(=O)N[C@H]2CC[C@]3(C)CC[C@@H]([C@H](C)C(=O)N4CCC(C)CC4)[C@H](O)[C@H]3[C@@H]2C)cc1. The molecule has 6 heteroatoms. The number of hydrogen-bond acceptors (Lipinski definition) is 4. The van der Waals surface area contributed by atoms with Gasteiger partial charge < -0.3 is 20.1 Å². The van der Waals surface area contributed by atoms with Crippen LogP contribution in [0.1, 0.15) is 76.6 Å². The van der Waals surface area contributed by atoms with Gasteiger partial charge in [0.15, 0.2) is 0 Å². The molecule has 1 heterocycles. The summed E-state index contributed by atoms with van der Waals surface area (Å²) in [6.45, 7) is 10.4. The molecule has 1 aromatic rings. The third-order valence-electron chi connectivity index (χ3n) is 9.68. The number of rotatable bonds is 5. The Hall–Kier alpha value is -2.08. The summed E-state index contributed by atoms with van der Waals surface area (Å²) >= 11 is 0. The predicted octanol–water partition coefficient (Wildman–Crippen LogP) is 4.51. The van der Waals surface area contributed by atoms with Gasteiger partial charge in [-0.25, -0.2) is 0 Å². The molecule has 3 fully saturated rings. The number of nitrogens with one attached hydrogen (secondary N) is 1. The Labute approximate surface area is 210 Å². The van der Waals surface area contributed by atoms with E-state index in [0.717, 1.165) is 57.4 Å². The van der Waals surface area contributed by atoms with Crippen LogP contribution in [-0.2, 0) is 4.79 Å². The number of hydrogen-bond donors (Lipinski definition) is 2. The number of aliphatic hydroxyl groups is 1. The molecule has 1 aromatic carbocycles. The monoisotopic (exact) mass is 484 g/mol. The molecule has 2 N–H and O–H groups in total. The van der Waals surface area contributed by atoms with Gasteiger partial charge in [-0.1, -0.05) is 27.7 Å². The Morgan fingerprint density at radius 2 is 1.71 bits per heavy atom. The summed E-state index contributed by atoms with van der Waals surface area (Å²) in [6, 6.07) is 7.17. The number of likely N-dealkylation sites (tertiary alicyclic amines) is 1. The zero-order chi connectivity index (χ0) is 25.3. The first kappa shape index (κ1) is 26.0. The van der Waals surface area contributed by atoms with E-state index < -0.39 is 6.10 Å². The highest BCUT2D eigenvalue weighted by molar-refractivity contribution is 5.94. The molecule has 1 saturated heterocycles. The topological polar surface area (TPSA) is 78.9 Å². The first-order chi connectivity index (χ1) is 16.6. The molecule has 0 bridgehead atoms. The van der Waals surface area contributed by atoms with E-state index >= 15 is 0 Å². The van der Waals surface area contributed by atoms with Crippen LogP contribution in [0.15, 0.2) is 24.3 Å². The number of amides is 2. The second kappa shape index (κ2) is 10.5. The smallest absolute Gasteiger partial charge is 0.251 e. The second-order valence-electron chi connectivity index (χ2n) is 11.9. The van der Waals surface area contributed by atoms with Crippen molar-refractivity contribution < 1.29 is 19.4 Å². The molecular formula is C29H44N2O4. The van der Waals surface area contributed by atoms with Gasteiger partial charge in [0.2, 0.25) is 5.91 Å². The van der Waals surface area contributed by atoms with Gasteiger partial charge in [-0.05, 0) is 91.9 Å². The standard InChI is InChI=1S/C29H44N2O4/c1-18-12-16-31(17-13-18)28(34)19(2)23-10-14-29(4)15-11-24(20(3)25(29)26(23)32)30-27(33)21-6-8-22(35-5)9-7-21/h6-9,18-20,23-26,32H,10-17H2,1-5H3,(H,30,33)/t19-,20+,23-,24-,25+,26-,29-/m0/s1. The molecular weight excluding hydrogens is 440 g/mol. The fourth-order valence-electron chi connectivity index (χ4n) is 7.19. The Morgan fingerprint density at radius 3 is 2.34 bits per heavy atom. The van der Waals surface area contributed by atoms with E-state index in [9.17, 15) is 14.7 Å². The van der Waals surface area contributed by atoms with Gasteiger partial charge in [-0.15, -0.1) is 0 Å². The van der Waals surface area contributed by atoms with E-state index in [1.165, 1.54) is 0 Å². The van der Waals surface area contributed by atoms with Gasteiger partial charge in [0, 0.05) is 30.6 Å². The van der Waals surface area contributed by atoms with E-state index in [1.807, 2.05) is 11.8 Å². The average Bonchev–Trinajstić information content (AvgIpc) is 2.85. The van der Waals surface area contributed by atoms with E-state index in [4.69, 9.17) is 4.74 Å².